The third-order valence-electron chi connectivity index (χ3n) is 5.15. The molecule has 5 rings (SSSR count). The van der Waals surface area contributed by atoms with E-state index in [0.717, 1.165) is 28.3 Å². The molecular weight excluding hydrogens is 364 g/mol. The van der Waals surface area contributed by atoms with E-state index >= 15 is 0 Å². The van der Waals surface area contributed by atoms with Crippen LogP contribution < -0.4 is 10.1 Å². The molecule has 0 saturated heterocycles. The number of amides is 1. The van der Waals surface area contributed by atoms with Crippen LogP contribution in [0.5, 0.6) is 5.75 Å². The largest absolute Gasteiger partial charge is 0.487 e. The smallest absolute Gasteiger partial charge is 0.257 e. The molecule has 0 spiro atoms. The summed E-state index contributed by atoms with van der Waals surface area (Å²) in [7, 11) is 1.81. The Bertz CT molecular complexity index is 1150. The molecule has 4 aromatic rings. The predicted molar refractivity (Wildman–Crippen MR) is 111 cm³/mol. The second-order valence-corrected chi connectivity index (χ2v) is 7.06. The average Bonchev–Trinajstić information content (AvgIpc) is 3.18. The van der Waals surface area contributed by atoms with E-state index in [1.807, 2.05) is 90.6 Å². The summed E-state index contributed by atoms with van der Waals surface area (Å²) >= 11 is 0. The van der Waals surface area contributed by atoms with Crippen LogP contribution in [0.25, 0.3) is 5.65 Å². The van der Waals surface area contributed by atoms with Gasteiger partial charge < -0.3 is 19.4 Å². The molecule has 1 amide bonds. The van der Waals surface area contributed by atoms with Crippen LogP contribution in [0.15, 0.2) is 79.1 Å². The van der Waals surface area contributed by atoms with Crippen LogP contribution >= 0.6 is 0 Å². The Labute approximate surface area is 168 Å². The van der Waals surface area contributed by atoms with Crippen LogP contribution in [0.2, 0.25) is 0 Å². The summed E-state index contributed by atoms with van der Waals surface area (Å²) in [5.74, 6) is 0.771. The van der Waals surface area contributed by atoms with Gasteiger partial charge in [0.2, 0.25) is 0 Å². The van der Waals surface area contributed by atoms with Crippen molar-refractivity contribution >= 4 is 17.2 Å². The van der Waals surface area contributed by atoms with Crippen molar-refractivity contribution in [2.75, 3.05) is 12.4 Å². The number of carbonyl (C=O) groups excluding carboxylic acids is 1. The molecule has 1 aliphatic rings. The number of rotatable bonds is 4. The minimum absolute atomic E-state index is 0.0107. The highest BCUT2D eigenvalue weighted by Gasteiger charge is 2.29. The predicted octanol–water partition coefficient (Wildman–Crippen LogP) is 4.11. The van der Waals surface area contributed by atoms with Crippen LogP contribution in [0, 0.1) is 0 Å². The third kappa shape index (κ3) is 3.18. The Hall–Kier alpha value is -3.80. The number of carbonyl (C=O) groups is 1. The number of ether oxygens (including phenoxy) is 1. The van der Waals surface area contributed by atoms with E-state index in [1.54, 1.807) is 4.90 Å². The number of benzene rings is 2. The molecule has 0 fully saturated rings. The number of hydrogen-bond donors (Lipinski definition) is 1. The molecule has 144 valence electrons. The number of hydrogen-bond acceptors (Lipinski definition) is 4. The fourth-order valence-electron chi connectivity index (χ4n) is 3.61. The van der Waals surface area contributed by atoms with Gasteiger partial charge in [-0.2, -0.15) is 0 Å². The highest BCUT2D eigenvalue weighted by atomic mass is 16.5. The lowest BCUT2D eigenvalue weighted by Crippen LogP contribution is -2.40. The Balaban J connectivity index is 1.30. The van der Waals surface area contributed by atoms with Crippen LogP contribution in [-0.2, 0) is 6.61 Å². The molecule has 0 unspecified atom stereocenters. The summed E-state index contributed by atoms with van der Waals surface area (Å²) in [6.07, 6.45) is 3.71. The zero-order valence-corrected chi connectivity index (χ0v) is 15.9. The lowest BCUT2D eigenvalue weighted by molar-refractivity contribution is 0.0735. The maximum atomic E-state index is 12.7. The topological polar surface area (TPSA) is 58.9 Å². The van der Waals surface area contributed by atoms with Crippen LogP contribution in [0.4, 0.5) is 5.69 Å². The lowest BCUT2D eigenvalue weighted by atomic mass is 10.0. The second kappa shape index (κ2) is 6.98. The van der Waals surface area contributed by atoms with Gasteiger partial charge in [-0.15, -0.1) is 0 Å². The molecule has 6 nitrogen and oxygen atoms in total. The summed E-state index contributed by atoms with van der Waals surface area (Å²) in [4.78, 5) is 18.9. The van der Waals surface area contributed by atoms with E-state index in [0.29, 0.717) is 12.2 Å². The van der Waals surface area contributed by atoms with Crippen molar-refractivity contribution in [3.05, 3.63) is 95.9 Å². The highest BCUT2D eigenvalue weighted by molar-refractivity contribution is 6.01. The summed E-state index contributed by atoms with van der Waals surface area (Å²) < 4.78 is 7.86. The lowest BCUT2D eigenvalue weighted by Gasteiger charge is -2.35. The number of nitrogens with one attached hydrogen (secondary N) is 1. The van der Waals surface area contributed by atoms with E-state index < -0.39 is 0 Å². The van der Waals surface area contributed by atoms with Gasteiger partial charge in [0.1, 0.15) is 24.2 Å². The Morgan fingerprint density at radius 2 is 1.83 bits per heavy atom. The fourth-order valence-corrected chi connectivity index (χ4v) is 3.61. The van der Waals surface area contributed by atoms with Gasteiger partial charge in [-0.3, -0.25) is 4.79 Å². The number of pyridine rings is 1. The zero-order chi connectivity index (χ0) is 19.8. The molecule has 0 radical (unpaired) electrons. The van der Waals surface area contributed by atoms with Crippen LogP contribution in [-0.4, -0.2) is 27.2 Å². The number of para-hydroxylation sites is 1. The van der Waals surface area contributed by atoms with E-state index in [9.17, 15) is 4.79 Å². The number of aromatic nitrogens is 2. The SMILES string of the molecule is CN1C(=O)c2ccccc2N[C@H]1c1ccc(OCc2cn3ccccc3n2)cc1. The first kappa shape index (κ1) is 17.3. The van der Waals surface area contributed by atoms with Crippen molar-refractivity contribution < 1.29 is 9.53 Å². The molecule has 1 N–H and O–H groups in total. The zero-order valence-electron chi connectivity index (χ0n) is 15.9. The van der Waals surface area contributed by atoms with E-state index in [2.05, 4.69) is 10.3 Å². The molecule has 1 aliphatic heterocycles. The fraction of sp³-hybridized carbons (Fsp3) is 0.130. The van der Waals surface area contributed by atoms with Crippen molar-refractivity contribution in [3.8, 4) is 5.75 Å². The number of anilines is 1. The molecule has 0 bridgehead atoms. The number of imidazole rings is 1. The van der Waals surface area contributed by atoms with Gasteiger partial charge in [0, 0.05) is 25.1 Å². The Morgan fingerprint density at radius 1 is 1.03 bits per heavy atom. The van der Waals surface area contributed by atoms with Gasteiger partial charge in [0.05, 0.1) is 11.3 Å². The van der Waals surface area contributed by atoms with Crippen molar-refractivity contribution in [2.24, 2.45) is 0 Å². The van der Waals surface area contributed by atoms with Crippen molar-refractivity contribution in [1.82, 2.24) is 14.3 Å². The summed E-state index contributed by atoms with van der Waals surface area (Å²) in [5.41, 5.74) is 4.32. The average molecular weight is 384 g/mol. The molecule has 2 aromatic heterocycles. The molecular formula is C23H20N4O2. The van der Waals surface area contributed by atoms with Crippen molar-refractivity contribution in [2.45, 2.75) is 12.8 Å². The van der Waals surface area contributed by atoms with Gasteiger partial charge in [0.15, 0.2) is 0 Å². The van der Waals surface area contributed by atoms with E-state index in [-0.39, 0.29) is 12.1 Å². The third-order valence-corrected chi connectivity index (χ3v) is 5.15. The first-order chi connectivity index (χ1) is 14.2. The van der Waals surface area contributed by atoms with Gasteiger partial charge >= 0.3 is 0 Å². The van der Waals surface area contributed by atoms with E-state index in [1.165, 1.54) is 0 Å². The summed E-state index contributed by atoms with van der Waals surface area (Å²) in [6, 6.07) is 21.3. The Morgan fingerprint density at radius 3 is 2.66 bits per heavy atom. The van der Waals surface area contributed by atoms with Gasteiger partial charge in [-0.25, -0.2) is 4.98 Å². The second-order valence-electron chi connectivity index (χ2n) is 7.06. The van der Waals surface area contributed by atoms with Crippen molar-refractivity contribution in [1.29, 1.82) is 0 Å². The Kier molecular flexibility index (Phi) is 4.17. The first-order valence-electron chi connectivity index (χ1n) is 9.47. The summed E-state index contributed by atoms with van der Waals surface area (Å²) in [5, 5.41) is 3.44. The number of nitrogens with zero attached hydrogens (tertiary/aromatic N) is 3. The van der Waals surface area contributed by atoms with Crippen molar-refractivity contribution in [3.63, 3.8) is 0 Å². The van der Waals surface area contributed by atoms with E-state index in [4.69, 9.17) is 4.74 Å². The molecule has 0 saturated carbocycles. The highest BCUT2D eigenvalue weighted by Crippen LogP contribution is 2.32. The molecule has 0 aliphatic carbocycles. The molecule has 2 aromatic carbocycles. The minimum atomic E-state index is -0.218. The van der Waals surface area contributed by atoms with Crippen LogP contribution in [0.1, 0.15) is 27.8 Å². The summed E-state index contributed by atoms with van der Waals surface area (Å²) in [6.45, 7) is 0.397. The maximum Gasteiger partial charge on any atom is 0.257 e. The monoisotopic (exact) mass is 384 g/mol. The molecule has 6 heteroatoms. The van der Waals surface area contributed by atoms with Gasteiger partial charge in [-0.05, 0) is 42.0 Å². The van der Waals surface area contributed by atoms with Gasteiger partial charge in [-0.1, -0.05) is 30.3 Å². The molecule has 1 atom stereocenters. The standard InChI is InChI=1S/C23H20N4O2/c1-26-22(25-20-7-3-2-6-19(20)23(26)28)16-9-11-18(12-10-16)29-15-17-14-27-13-5-4-8-21(27)24-17/h2-14,22,25H,15H2,1H3/t22-/m1/s1. The maximum absolute atomic E-state index is 12.7. The quantitative estimate of drug-likeness (QED) is 0.575. The minimum Gasteiger partial charge on any atom is -0.487 e. The number of fused-ring (bicyclic) bond motifs is 2. The van der Waals surface area contributed by atoms with Crippen LogP contribution in [0.3, 0.4) is 0 Å². The normalized spacial score (nSPS) is 15.8. The first-order valence-corrected chi connectivity index (χ1v) is 9.47. The van der Waals surface area contributed by atoms with Gasteiger partial charge in [0.25, 0.3) is 5.91 Å². The molecule has 29 heavy (non-hydrogen) atoms. The molecule has 3 heterocycles.